The summed E-state index contributed by atoms with van der Waals surface area (Å²) in [5, 5.41) is 17.8. The summed E-state index contributed by atoms with van der Waals surface area (Å²) >= 11 is 0. The quantitative estimate of drug-likeness (QED) is 0.349. The van der Waals surface area contributed by atoms with Gasteiger partial charge in [0, 0.05) is 57.8 Å². The zero-order chi connectivity index (χ0) is 24.2. The molecule has 0 aromatic rings. The third-order valence-corrected chi connectivity index (χ3v) is 8.93. The molecule has 2 heterocycles. The van der Waals surface area contributed by atoms with Gasteiger partial charge in [0.1, 0.15) is 0 Å². The number of likely N-dealkylation sites (N-methyl/N-ethyl adjacent to an activating group) is 1. The number of nitrogens with one attached hydrogen (secondary N) is 5. The number of piperazine rings is 1. The van der Waals surface area contributed by atoms with Crippen LogP contribution in [0.15, 0.2) is 0 Å². The number of carbonyl (C=O) groups is 2. The highest BCUT2D eigenvalue weighted by molar-refractivity contribution is 5.85. The standard InChI is InChI=1S/C25H47N7O2/c1-16-13-19(9-10-20(16)25(34)29-15-22(33)31(3)4)30-23-24-28-14-21(32(24)12-11-27-23)17-5-7-18(26-2)8-6-17/h16-21,23-24,26-28,30H,5-15H2,1-4H3,(H,29,34). The Bertz CT molecular complexity index is 697. The van der Waals surface area contributed by atoms with E-state index >= 15 is 0 Å². The van der Waals surface area contributed by atoms with Crippen molar-refractivity contribution in [3.63, 3.8) is 0 Å². The average Bonchev–Trinajstić information content (AvgIpc) is 3.27. The molecule has 6 atom stereocenters. The predicted octanol–water partition coefficient (Wildman–Crippen LogP) is -0.107. The first-order valence-electron chi connectivity index (χ1n) is 13.5. The molecule has 194 valence electrons. The SMILES string of the molecule is CNC1CCC(C2CNC3C(NC4CCC(C(=O)NCC(=O)N(C)C)C(C)C4)NCCN23)CC1. The molecule has 6 unspecified atom stereocenters. The number of rotatable bonds is 7. The second kappa shape index (κ2) is 11.6. The normalized spacial score (nSPS) is 38.8. The minimum atomic E-state index is -0.0678. The Labute approximate surface area is 205 Å². The highest BCUT2D eigenvalue weighted by Crippen LogP contribution is 2.34. The Kier molecular flexibility index (Phi) is 8.85. The van der Waals surface area contributed by atoms with Gasteiger partial charge in [0.05, 0.1) is 18.9 Å². The van der Waals surface area contributed by atoms with Crippen LogP contribution in [0.5, 0.6) is 0 Å². The van der Waals surface area contributed by atoms with E-state index in [0.29, 0.717) is 30.2 Å². The Morgan fingerprint density at radius 2 is 1.76 bits per heavy atom. The molecule has 0 radical (unpaired) electrons. The lowest BCUT2D eigenvalue weighted by molar-refractivity contribution is -0.133. The van der Waals surface area contributed by atoms with E-state index < -0.39 is 0 Å². The Morgan fingerprint density at radius 1 is 1.03 bits per heavy atom. The van der Waals surface area contributed by atoms with E-state index in [9.17, 15) is 9.59 Å². The van der Waals surface area contributed by atoms with E-state index in [-0.39, 0.29) is 30.4 Å². The minimum Gasteiger partial charge on any atom is -0.347 e. The topological polar surface area (TPSA) is 101 Å². The van der Waals surface area contributed by atoms with Crippen LogP contribution in [0.1, 0.15) is 51.9 Å². The number of hydrogen-bond acceptors (Lipinski definition) is 7. The maximum Gasteiger partial charge on any atom is 0.241 e. The second-order valence-electron chi connectivity index (χ2n) is 11.3. The van der Waals surface area contributed by atoms with E-state index in [1.807, 2.05) is 0 Å². The van der Waals surface area contributed by atoms with Crippen LogP contribution >= 0.6 is 0 Å². The molecule has 2 saturated heterocycles. The van der Waals surface area contributed by atoms with Gasteiger partial charge < -0.3 is 15.5 Å². The molecule has 4 fully saturated rings. The number of hydrogen-bond donors (Lipinski definition) is 5. The van der Waals surface area contributed by atoms with E-state index in [0.717, 1.165) is 44.8 Å². The van der Waals surface area contributed by atoms with Crippen molar-refractivity contribution < 1.29 is 9.59 Å². The monoisotopic (exact) mass is 477 g/mol. The van der Waals surface area contributed by atoms with Crippen molar-refractivity contribution in [2.45, 2.75) is 82.3 Å². The molecule has 0 aromatic heterocycles. The van der Waals surface area contributed by atoms with Crippen LogP contribution in [0.25, 0.3) is 0 Å². The lowest BCUT2D eigenvalue weighted by Crippen LogP contribution is -2.67. The summed E-state index contributed by atoms with van der Waals surface area (Å²) in [5.41, 5.74) is 0. The summed E-state index contributed by atoms with van der Waals surface area (Å²) in [5.74, 6) is 1.05. The van der Waals surface area contributed by atoms with Gasteiger partial charge in [-0.3, -0.25) is 30.4 Å². The second-order valence-corrected chi connectivity index (χ2v) is 11.3. The fraction of sp³-hybridized carbons (Fsp3) is 0.920. The molecule has 0 aromatic carbocycles. The molecule has 2 aliphatic heterocycles. The van der Waals surface area contributed by atoms with Crippen LogP contribution in [-0.4, -0.2) is 99.4 Å². The van der Waals surface area contributed by atoms with Crippen molar-refractivity contribution in [1.82, 2.24) is 36.4 Å². The van der Waals surface area contributed by atoms with Crippen LogP contribution in [-0.2, 0) is 9.59 Å². The summed E-state index contributed by atoms with van der Waals surface area (Å²) in [4.78, 5) is 28.7. The first-order valence-corrected chi connectivity index (χ1v) is 13.5. The molecule has 2 aliphatic carbocycles. The van der Waals surface area contributed by atoms with Gasteiger partial charge >= 0.3 is 0 Å². The van der Waals surface area contributed by atoms with Crippen LogP contribution < -0.4 is 26.6 Å². The Morgan fingerprint density at radius 3 is 2.44 bits per heavy atom. The summed E-state index contributed by atoms with van der Waals surface area (Å²) in [6.07, 6.45) is 8.69. The van der Waals surface area contributed by atoms with Gasteiger partial charge in [-0.15, -0.1) is 0 Å². The maximum absolute atomic E-state index is 12.7. The van der Waals surface area contributed by atoms with Gasteiger partial charge in [-0.25, -0.2) is 0 Å². The lowest BCUT2D eigenvalue weighted by atomic mass is 9.77. The molecule has 9 heteroatoms. The van der Waals surface area contributed by atoms with Crippen molar-refractivity contribution in [2.75, 3.05) is 47.3 Å². The van der Waals surface area contributed by atoms with E-state index in [1.54, 1.807) is 14.1 Å². The number of fused-ring (bicyclic) bond motifs is 1. The molecule has 9 nitrogen and oxygen atoms in total. The fourth-order valence-corrected chi connectivity index (χ4v) is 6.78. The smallest absolute Gasteiger partial charge is 0.241 e. The number of amides is 2. The molecule has 5 N–H and O–H groups in total. The van der Waals surface area contributed by atoms with Crippen LogP contribution in [0, 0.1) is 17.8 Å². The van der Waals surface area contributed by atoms with E-state index in [2.05, 4.69) is 45.5 Å². The van der Waals surface area contributed by atoms with Gasteiger partial charge in [-0.05, 0) is 63.8 Å². The van der Waals surface area contributed by atoms with Crippen LogP contribution in [0.2, 0.25) is 0 Å². The van der Waals surface area contributed by atoms with Gasteiger partial charge in [-0.2, -0.15) is 0 Å². The predicted molar refractivity (Wildman–Crippen MR) is 134 cm³/mol. The largest absolute Gasteiger partial charge is 0.347 e. The van der Waals surface area contributed by atoms with Gasteiger partial charge in [0.2, 0.25) is 11.8 Å². The van der Waals surface area contributed by atoms with Gasteiger partial charge in [-0.1, -0.05) is 6.92 Å². The molecule has 34 heavy (non-hydrogen) atoms. The summed E-state index contributed by atoms with van der Waals surface area (Å²) in [7, 11) is 5.52. The zero-order valence-corrected chi connectivity index (χ0v) is 21.6. The van der Waals surface area contributed by atoms with E-state index in [1.165, 1.54) is 30.6 Å². The molecule has 2 amide bonds. The third kappa shape index (κ3) is 5.93. The number of carbonyl (C=O) groups excluding carboxylic acids is 2. The highest BCUT2D eigenvalue weighted by Gasteiger charge is 2.44. The molecular weight excluding hydrogens is 430 g/mol. The molecule has 2 saturated carbocycles. The van der Waals surface area contributed by atoms with Gasteiger partial charge in [0.25, 0.3) is 0 Å². The van der Waals surface area contributed by atoms with Crippen LogP contribution in [0.4, 0.5) is 0 Å². The lowest BCUT2D eigenvalue weighted by Gasteiger charge is -2.45. The van der Waals surface area contributed by atoms with Crippen molar-refractivity contribution in [3.05, 3.63) is 0 Å². The first kappa shape index (κ1) is 25.8. The maximum atomic E-state index is 12.7. The zero-order valence-electron chi connectivity index (χ0n) is 21.6. The van der Waals surface area contributed by atoms with Crippen molar-refractivity contribution >= 4 is 11.8 Å². The first-order chi connectivity index (χ1) is 16.4. The molecule has 0 bridgehead atoms. The third-order valence-electron chi connectivity index (χ3n) is 8.93. The molecular formula is C25H47N7O2. The fourth-order valence-electron chi connectivity index (χ4n) is 6.78. The summed E-state index contributed by atoms with van der Waals surface area (Å²) < 4.78 is 0. The minimum absolute atomic E-state index is 0.00875. The van der Waals surface area contributed by atoms with Crippen molar-refractivity contribution in [2.24, 2.45) is 17.8 Å². The summed E-state index contributed by atoms with van der Waals surface area (Å²) in [6, 6.07) is 1.76. The van der Waals surface area contributed by atoms with Gasteiger partial charge in [0.15, 0.2) is 0 Å². The van der Waals surface area contributed by atoms with Crippen molar-refractivity contribution in [3.8, 4) is 0 Å². The van der Waals surface area contributed by atoms with Crippen molar-refractivity contribution in [1.29, 1.82) is 0 Å². The molecule has 0 spiro atoms. The molecule has 4 aliphatic rings. The molecule has 4 rings (SSSR count). The Hall–Kier alpha value is -1.26. The number of nitrogens with zero attached hydrogens (tertiary/aromatic N) is 2. The van der Waals surface area contributed by atoms with E-state index in [4.69, 9.17) is 0 Å². The average molecular weight is 478 g/mol. The highest BCUT2D eigenvalue weighted by atomic mass is 16.2. The Balaban J connectivity index is 1.25. The summed E-state index contributed by atoms with van der Waals surface area (Å²) in [6.45, 7) is 5.49. The van der Waals surface area contributed by atoms with Crippen LogP contribution in [0.3, 0.4) is 0 Å².